The third kappa shape index (κ3) is 4.54. The summed E-state index contributed by atoms with van der Waals surface area (Å²) in [6.45, 7) is 7.66. The second-order valence-corrected chi connectivity index (χ2v) is 8.06. The molecule has 1 fully saturated rings. The first-order valence-electron chi connectivity index (χ1n) is 9.55. The SMILES string of the molecule is CCSC1=C(C(=O)O)C(C)=CC(N2CCOCC2)N1Cc1ccc(OC)cc1. The molecular weight excluding hydrogens is 376 g/mol. The zero-order valence-corrected chi connectivity index (χ0v) is 17.5. The standard InChI is InChI=1S/C21H28N2O4S/c1-4-28-20-19(21(24)25)15(2)13-18(22-9-11-27-12-10-22)23(20)14-16-5-7-17(26-3)8-6-16/h5-8,13,18H,4,9-12,14H2,1-3H3,(H,24,25). The summed E-state index contributed by atoms with van der Waals surface area (Å²) < 4.78 is 10.8. The lowest BCUT2D eigenvalue weighted by atomic mass is 10.0. The summed E-state index contributed by atoms with van der Waals surface area (Å²) in [6.07, 6.45) is 2.10. The Morgan fingerprint density at radius 1 is 1.29 bits per heavy atom. The van der Waals surface area contributed by atoms with E-state index in [1.165, 1.54) is 0 Å². The van der Waals surface area contributed by atoms with Crippen LogP contribution in [-0.4, -0.2) is 66.2 Å². The minimum absolute atomic E-state index is 0.0168. The van der Waals surface area contributed by atoms with E-state index < -0.39 is 5.97 Å². The molecule has 6 nitrogen and oxygen atoms in total. The van der Waals surface area contributed by atoms with Crippen molar-refractivity contribution in [3.05, 3.63) is 52.1 Å². The quantitative estimate of drug-likeness (QED) is 0.749. The number of rotatable bonds is 7. The van der Waals surface area contributed by atoms with E-state index in [0.29, 0.717) is 25.3 Å². The maximum atomic E-state index is 12.0. The van der Waals surface area contributed by atoms with Crippen molar-refractivity contribution in [3.63, 3.8) is 0 Å². The van der Waals surface area contributed by atoms with Crippen molar-refractivity contribution in [1.82, 2.24) is 9.80 Å². The number of carbonyl (C=O) groups is 1. The number of benzene rings is 1. The molecule has 7 heteroatoms. The maximum absolute atomic E-state index is 12.0. The molecule has 0 bridgehead atoms. The molecule has 1 N–H and O–H groups in total. The smallest absolute Gasteiger partial charge is 0.338 e. The second kappa shape index (κ2) is 9.49. The van der Waals surface area contributed by atoms with Crippen molar-refractivity contribution in [1.29, 1.82) is 0 Å². The van der Waals surface area contributed by atoms with Crippen molar-refractivity contribution >= 4 is 17.7 Å². The normalized spacial score (nSPS) is 20.9. The van der Waals surface area contributed by atoms with E-state index in [1.807, 2.05) is 31.2 Å². The highest BCUT2D eigenvalue weighted by atomic mass is 32.2. The van der Waals surface area contributed by atoms with E-state index in [9.17, 15) is 9.90 Å². The van der Waals surface area contributed by atoms with Crippen LogP contribution < -0.4 is 4.74 Å². The summed E-state index contributed by atoms with van der Waals surface area (Å²) >= 11 is 1.60. The largest absolute Gasteiger partial charge is 0.497 e. The third-order valence-corrected chi connectivity index (χ3v) is 6.01. The molecule has 1 aromatic carbocycles. The number of thioether (sulfide) groups is 1. The minimum Gasteiger partial charge on any atom is -0.497 e. The molecule has 2 heterocycles. The van der Waals surface area contributed by atoms with Gasteiger partial charge in [0, 0.05) is 19.6 Å². The van der Waals surface area contributed by atoms with Gasteiger partial charge in [-0.2, -0.15) is 0 Å². The first-order valence-corrected chi connectivity index (χ1v) is 10.5. The lowest BCUT2D eigenvalue weighted by Crippen LogP contribution is -2.52. The first kappa shape index (κ1) is 20.8. The first-order chi connectivity index (χ1) is 13.5. The molecule has 152 valence electrons. The number of methoxy groups -OCH3 is 1. The Morgan fingerprint density at radius 3 is 2.54 bits per heavy atom. The Balaban J connectivity index is 1.99. The van der Waals surface area contributed by atoms with Crippen LogP contribution in [0.4, 0.5) is 0 Å². The molecule has 1 atom stereocenters. The molecule has 2 aliphatic heterocycles. The number of ether oxygens (including phenoxy) is 2. The number of aliphatic carboxylic acids is 1. The maximum Gasteiger partial charge on any atom is 0.338 e. The van der Waals surface area contributed by atoms with E-state index in [-0.39, 0.29) is 6.17 Å². The summed E-state index contributed by atoms with van der Waals surface area (Å²) in [4.78, 5) is 16.6. The molecule has 0 spiro atoms. The Kier molecular flexibility index (Phi) is 7.04. The zero-order chi connectivity index (χ0) is 20.1. The lowest BCUT2D eigenvalue weighted by molar-refractivity contribution is -0.132. The van der Waals surface area contributed by atoms with Gasteiger partial charge in [0.1, 0.15) is 11.9 Å². The number of hydrogen-bond donors (Lipinski definition) is 1. The van der Waals surface area contributed by atoms with Crippen LogP contribution >= 0.6 is 11.8 Å². The molecule has 0 aromatic heterocycles. The lowest BCUT2D eigenvalue weighted by Gasteiger charge is -2.44. The molecule has 3 rings (SSSR count). The molecule has 28 heavy (non-hydrogen) atoms. The van der Waals surface area contributed by atoms with E-state index >= 15 is 0 Å². The summed E-state index contributed by atoms with van der Waals surface area (Å²) in [5, 5.41) is 10.7. The highest BCUT2D eigenvalue weighted by molar-refractivity contribution is 8.03. The monoisotopic (exact) mass is 404 g/mol. The van der Waals surface area contributed by atoms with Crippen molar-refractivity contribution in [2.45, 2.75) is 26.6 Å². The van der Waals surface area contributed by atoms with Crippen molar-refractivity contribution in [3.8, 4) is 5.75 Å². The van der Waals surface area contributed by atoms with Crippen LogP contribution in [0.5, 0.6) is 5.75 Å². The average Bonchev–Trinajstić information content (AvgIpc) is 2.71. The van der Waals surface area contributed by atoms with E-state index in [0.717, 1.165) is 40.8 Å². The van der Waals surface area contributed by atoms with E-state index in [1.54, 1.807) is 18.9 Å². The van der Waals surface area contributed by atoms with Gasteiger partial charge in [0.2, 0.25) is 0 Å². The van der Waals surface area contributed by atoms with E-state index in [4.69, 9.17) is 9.47 Å². The molecule has 1 unspecified atom stereocenters. The van der Waals surface area contributed by atoms with Crippen molar-refractivity contribution < 1.29 is 19.4 Å². The Labute approximate surface area is 170 Å². The fourth-order valence-electron chi connectivity index (χ4n) is 3.62. The highest BCUT2D eigenvalue weighted by Gasteiger charge is 2.34. The Morgan fingerprint density at radius 2 is 1.96 bits per heavy atom. The number of carboxylic acid groups (broad SMARTS) is 1. The number of carboxylic acids is 1. The van der Waals surface area contributed by atoms with Crippen LogP contribution in [0, 0.1) is 0 Å². The van der Waals surface area contributed by atoms with Gasteiger partial charge in [0.05, 0.1) is 30.9 Å². The molecule has 0 saturated carbocycles. The van der Waals surface area contributed by atoms with Gasteiger partial charge >= 0.3 is 5.97 Å². The number of hydrogen-bond acceptors (Lipinski definition) is 6. The van der Waals surface area contributed by atoms with Gasteiger partial charge < -0.3 is 19.5 Å². The van der Waals surface area contributed by atoms with Crippen LogP contribution in [0.3, 0.4) is 0 Å². The predicted molar refractivity (Wildman–Crippen MR) is 111 cm³/mol. The summed E-state index contributed by atoms with van der Waals surface area (Å²) in [7, 11) is 1.65. The molecule has 1 aromatic rings. The number of nitrogens with zero attached hydrogens (tertiary/aromatic N) is 2. The van der Waals surface area contributed by atoms with Crippen molar-refractivity contribution in [2.24, 2.45) is 0 Å². The topological polar surface area (TPSA) is 62.2 Å². The van der Waals surface area contributed by atoms with Crippen molar-refractivity contribution in [2.75, 3.05) is 39.2 Å². The summed E-state index contributed by atoms with van der Waals surface area (Å²) in [5.41, 5.74) is 2.35. The Hall–Kier alpha value is -1.96. The van der Waals surface area contributed by atoms with Gasteiger partial charge in [-0.05, 0) is 42.0 Å². The van der Waals surface area contributed by atoms with Crippen LogP contribution in [0.2, 0.25) is 0 Å². The molecule has 2 aliphatic rings. The third-order valence-electron chi connectivity index (χ3n) is 5.01. The van der Waals surface area contributed by atoms with Crippen LogP contribution in [0.25, 0.3) is 0 Å². The summed E-state index contributed by atoms with van der Waals surface area (Å²) in [6, 6.07) is 7.96. The van der Waals surface area contributed by atoms with Crippen LogP contribution in [0.15, 0.2) is 46.5 Å². The zero-order valence-electron chi connectivity index (χ0n) is 16.7. The molecule has 0 radical (unpaired) electrons. The fourth-order valence-corrected chi connectivity index (χ4v) is 4.62. The average molecular weight is 405 g/mol. The molecule has 1 saturated heterocycles. The fraction of sp³-hybridized carbons (Fsp3) is 0.476. The van der Waals surface area contributed by atoms with Gasteiger partial charge in [-0.25, -0.2) is 4.79 Å². The molecule has 0 amide bonds. The molecule has 0 aliphatic carbocycles. The van der Waals surface area contributed by atoms with Gasteiger partial charge in [-0.1, -0.05) is 19.1 Å². The van der Waals surface area contributed by atoms with Crippen LogP contribution in [0.1, 0.15) is 19.4 Å². The minimum atomic E-state index is -0.871. The molecular formula is C21H28N2O4S. The van der Waals surface area contributed by atoms with E-state index in [2.05, 4.69) is 22.8 Å². The van der Waals surface area contributed by atoms with Crippen LogP contribution in [-0.2, 0) is 16.1 Å². The van der Waals surface area contributed by atoms with Gasteiger partial charge in [-0.15, -0.1) is 11.8 Å². The highest BCUT2D eigenvalue weighted by Crippen LogP contribution is 2.37. The predicted octanol–water partition coefficient (Wildman–Crippen LogP) is 3.16. The van der Waals surface area contributed by atoms with Gasteiger partial charge in [0.15, 0.2) is 0 Å². The van der Waals surface area contributed by atoms with Gasteiger partial charge in [-0.3, -0.25) is 4.90 Å². The summed E-state index contributed by atoms with van der Waals surface area (Å²) in [5.74, 6) is 0.756. The van der Waals surface area contributed by atoms with Gasteiger partial charge in [0.25, 0.3) is 0 Å². The second-order valence-electron chi connectivity index (χ2n) is 6.81. The Bertz CT molecular complexity index is 754. The number of morpholine rings is 1.